The molecular formula is C18H24N2O5S. The van der Waals surface area contributed by atoms with Gasteiger partial charge in [-0.2, -0.15) is 0 Å². The molecule has 2 N–H and O–H groups in total. The van der Waals surface area contributed by atoms with Crippen molar-refractivity contribution in [2.24, 2.45) is 5.92 Å². The molecule has 7 nitrogen and oxygen atoms in total. The number of rotatable bonds is 5. The smallest absolute Gasteiger partial charge is 0.262 e. The largest absolute Gasteiger partial charge is 0.482 e. The van der Waals surface area contributed by atoms with Crippen molar-refractivity contribution in [2.45, 2.75) is 50.0 Å². The summed E-state index contributed by atoms with van der Waals surface area (Å²) in [6, 6.07) is 4.46. The van der Waals surface area contributed by atoms with Crippen molar-refractivity contribution < 1.29 is 22.7 Å². The molecule has 1 aromatic carbocycles. The summed E-state index contributed by atoms with van der Waals surface area (Å²) in [5.74, 6) is -0.00979. The zero-order chi connectivity index (χ0) is 18.7. The van der Waals surface area contributed by atoms with Crippen LogP contribution in [0.15, 0.2) is 23.1 Å². The van der Waals surface area contributed by atoms with Crippen molar-refractivity contribution in [3.63, 3.8) is 0 Å². The molecule has 2 aliphatic rings. The Labute approximate surface area is 153 Å². The number of anilines is 1. The summed E-state index contributed by atoms with van der Waals surface area (Å²) in [7, 11) is -3.61. The third-order valence-electron chi connectivity index (χ3n) is 5.00. The summed E-state index contributed by atoms with van der Waals surface area (Å²) < 4.78 is 30.3. The summed E-state index contributed by atoms with van der Waals surface area (Å²) in [5, 5.41) is 5.59. The van der Waals surface area contributed by atoms with Crippen LogP contribution in [0.2, 0.25) is 0 Å². The Morgan fingerprint density at radius 3 is 2.85 bits per heavy atom. The van der Waals surface area contributed by atoms with E-state index in [1.165, 1.54) is 24.6 Å². The van der Waals surface area contributed by atoms with Crippen LogP contribution in [0.3, 0.4) is 0 Å². The Morgan fingerprint density at radius 1 is 1.31 bits per heavy atom. The number of ether oxygens (including phenoxy) is 1. The van der Waals surface area contributed by atoms with Gasteiger partial charge in [-0.15, -0.1) is 0 Å². The summed E-state index contributed by atoms with van der Waals surface area (Å²) in [5.41, 5.74) is 0.448. The third kappa shape index (κ3) is 4.35. The fraction of sp³-hybridized carbons (Fsp3) is 0.556. The number of carbonyl (C=O) groups excluding carboxylic acids is 2. The lowest BCUT2D eigenvalue weighted by Crippen LogP contribution is -2.41. The maximum Gasteiger partial charge on any atom is 0.262 e. The SMILES string of the molecule is CC1CCCCC1NC(=O)CCS(=O)(=O)c1ccc2c(c1)OCC(=O)N2. The minimum absolute atomic E-state index is 0.0692. The molecular weight excluding hydrogens is 356 g/mol. The Bertz CT molecular complexity index is 806. The summed E-state index contributed by atoms with van der Waals surface area (Å²) in [4.78, 5) is 23.5. The first-order valence-electron chi connectivity index (χ1n) is 8.94. The molecule has 142 valence electrons. The Kier molecular flexibility index (Phi) is 5.50. The van der Waals surface area contributed by atoms with Crippen LogP contribution in [0.5, 0.6) is 5.75 Å². The van der Waals surface area contributed by atoms with Crippen LogP contribution >= 0.6 is 0 Å². The topological polar surface area (TPSA) is 102 Å². The number of hydrogen-bond donors (Lipinski definition) is 2. The van der Waals surface area contributed by atoms with E-state index < -0.39 is 9.84 Å². The van der Waals surface area contributed by atoms with Crippen molar-refractivity contribution in [3.05, 3.63) is 18.2 Å². The van der Waals surface area contributed by atoms with Gasteiger partial charge in [-0.3, -0.25) is 9.59 Å². The van der Waals surface area contributed by atoms with E-state index in [9.17, 15) is 18.0 Å². The van der Waals surface area contributed by atoms with E-state index in [1.54, 1.807) is 0 Å². The molecule has 0 spiro atoms. The van der Waals surface area contributed by atoms with E-state index in [-0.39, 0.29) is 41.5 Å². The number of hydrogen-bond acceptors (Lipinski definition) is 5. The highest BCUT2D eigenvalue weighted by Gasteiger charge is 2.25. The van der Waals surface area contributed by atoms with E-state index in [2.05, 4.69) is 17.6 Å². The van der Waals surface area contributed by atoms with Gasteiger partial charge in [0.15, 0.2) is 16.4 Å². The first kappa shape index (κ1) is 18.7. The first-order chi connectivity index (χ1) is 12.3. The molecule has 2 unspecified atom stereocenters. The number of fused-ring (bicyclic) bond motifs is 1. The van der Waals surface area contributed by atoms with Gasteiger partial charge >= 0.3 is 0 Å². The first-order valence-corrected chi connectivity index (χ1v) is 10.6. The standard InChI is InChI=1S/C18H24N2O5S/c1-12-4-2-3-5-14(12)19-17(21)8-9-26(23,24)13-6-7-15-16(10-13)25-11-18(22)20-15/h6-7,10,12,14H,2-5,8-9,11H2,1H3,(H,19,21)(H,20,22). The van der Waals surface area contributed by atoms with Crippen molar-refractivity contribution in [2.75, 3.05) is 17.7 Å². The normalized spacial score (nSPS) is 22.7. The summed E-state index contributed by atoms with van der Waals surface area (Å²) in [6.07, 6.45) is 4.25. The van der Waals surface area contributed by atoms with Crippen LogP contribution in [-0.2, 0) is 19.4 Å². The molecule has 0 radical (unpaired) electrons. The molecule has 1 fully saturated rings. The fourth-order valence-corrected chi connectivity index (χ4v) is 4.65. The predicted molar refractivity (Wildman–Crippen MR) is 96.8 cm³/mol. The van der Waals surface area contributed by atoms with Crippen molar-refractivity contribution >= 4 is 27.3 Å². The molecule has 8 heteroatoms. The lowest BCUT2D eigenvalue weighted by Gasteiger charge is -2.29. The van der Waals surface area contributed by atoms with E-state index in [0.29, 0.717) is 17.4 Å². The van der Waals surface area contributed by atoms with Crippen LogP contribution in [0.25, 0.3) is 0 Å². The van der Waals surface area contributed by atoms with Gasteiger partial charge in [0, 0.05) is 18.5 Å². The Hall–Kier alpha value is -2.09. The maximum absolute atomic E-state index is 12.5. The van der Waals surface area contributed by atoms with Crippen LogP contribution in [-0.4, -0.2) is 38.6 Å². The molecule has 0 bridgehead atoms. The quantitative estimate of drug-likeness (QED) is 0.812. The molecule has 0 aromatic heterocycles. The second-order valence-corrected chi connectivity index (χ2v) is 9.11. The van der Waals surface area contributed by atoms with E-state index in [4.69, 9.17) is 4.74 Å². The number of benzene rings is 1. The predicted octanol–water partition coefficient (Wildman–Crippen LogP) is 1.88. The van der Waals surface area contributed by atoms with Gasteiger partial charge in [-0.1, -0.05) is 19.8 Å². The Balaban J connectivity index is 1.60. The number of amides is 2. The van der Waals surface area contributed by atoms with Crippen LogP contribution in [0.1, 0.15) is 39.0 Å². The van der Waals surface area contributed by atoms with Crippen molar-refractivity contribution in [3.8, 4) is 5.75 Å². The Morgan fingerprint density at radius 2 is 2.08 bits per heavy atom. The minimum atomic E-state index is -3.61. The molecule has 1 heterocycles. The number of carbonyl (C=O) groups is 2. The molecule has 1 saturated carbocycles. The molecule has 1 aliphatic heterocycles. The van der Waals surface area contributed by atoms with E-state index >= 15 is 0 Å². The molecule has 26 heavy (non-hydrogen) atoms. The molecule has 1 aliphatic carbocycles. The fourth-order valence-electron chi connectivity index (χ4n) is 3.40. The minimum Gasteiger partial charge on any atom is -0.482 e. The van der Waals surface area contributed by atoms with Crippen LogP contribution in [0, 0.1) is 5.92 Å². The summed E-state index contributed by atoms with van der Waals surface area (Å²) >= 11 is 0. The zero-order valence-electron chi connectivity index (χ0n) is 14.8. The van der Waals surface area contributed by atoms with Gasteiger partial charge in [0.2, 0.25) is 5.91 Å². The highest BCUT2D eigenvalue weighted by atomic mass is 32.2. The highest BCUT2D eigenvalue weighted by molar-refractivity contribution is 7.91. The molecule has 3 rings (SSSR count). The number of sulfone groups is 1. The van der Waals surface area contributed by atoms with Crippen molar-refractivity contribution in [1.29, 1.82) is 0 Å². The molecule has 0 saturated heterocycles. The lowest BCUT2D eigenvalue weighted by molar-refractivity contribution is -0.122. The maximum atomic E-state index is 12.5. The summed E-state index contributed by atoms with van der Waals surface area (Å²) in [6.45, 7) is 1.98. The molecule has 2 atom stereocenters. The highest BCUT2D eigenvalue weighted by Crippen LogP contribution is 2.30. The second-order valence-electron chi connectivity index (χ2n) is 7.00. The van der Waals surface area contributed by atoms with Gasteiger partial charge in [-0.25, -0.2) is 8.42 Å². The van der Waals surface area contributed by atoms with E-state index in [1.807, 2.05) is 0 Å². The number of nitrogens with one attached hydrogen (secondary N) is 2. The third-order valence-corrected chi connectivity index (χ3v) is 6.71. The zero-order valence-corrected chi connectivity index (χ0v) is 15.6. The van der Waals surface area contributed by atoms with Gasteiger partial charge < -0.3 is 15.4 Å². The van der Waals surface area contributed by atoms with Gasteiger partial charge in [0.05, 0.1) is 16.3 Å². The van der Waals surface area contributed by atoms with E-state index in [0.717, 1.165) is 19.3 Å². The second kappa shape index (κ2) is 7.65. The van der Waals surface area contributed by atoms with Crippen LogP contribution in [0.4, 0.5) is 5.69 Å². The van der Waals surface area contributed by atoms with Gasteiger partial charge in [-0.05, 0) is 30.9 Å². The monoisotopic (exact) mass is 380 g/mol. The average Bonchev–Trinajstić information content (AvgIpc) is 2.61. The van der Waals surface area contributed by atoms with Crippen LogP contribution < -0.4 is 15.4 Å². The molecule has 2 amide bonds. The lowest BCUT2D eigenvalue weighted by atomic mass is 9.86. The van der Waals surface area contributed by atoms with Crippen molar-refractivity contribution in [1.82, 2.24) is 5.32 Å². The van der Waals surface area contributed by atoms with Gasteiger partial charge in [0.1, 0.15) is 5.75 Å². The van der Waals surface area contributed by atoms with Gasteiger partial charge in [0.25, 0.3) is 5.91 Å². The average molecular weight is 380 g/mol. The molecule has 1 aromatic rings.